The molecule has 0 aliphatic heterocycles. The Bertz CT molecular complexity index is 568. The number of nitrogens with one attached hydrogen (secondary N) is 1. The fourth-order valence-corrected chi connectivity index (χ4v) is 1.21. The van der Waals surface area contributed by atoms with Crippen LogP contribution >= 0.6 is 23.2 Å². The van der Waals surface area contributed by atoms with E-state index in [-0.39, 0.29) is 15.9 Å². The number of pyridine rings is 2. The van der Waals surface area contributed by atoms with Crippen LogP contribution in [-0.4, -0.2) is 9.97 Å². The molecular weight excluding hydrogens is 304 g/mol. The normalized spacial score (nSPS) is 9.58. The predicted octanol–water partition coefficient (Wildman–Crippen LogP) is 3.17. The van der Waals surface area contributed by atoms with E-state index in [9.17, 15) is 13.2 Å². The maximum Gasteiger partial charge on any atom is 0.248 e. The standard InChI is InChI=1S/C5H2ClF2N.C5H5ClFN3/c6-3-1-4(7)5(8)9-2-3;6-3-1-4(7)5(10-8)9-2-3/h1-2H;1-2H,8H2,(H,9,10). The SMILES string of the molecule is Fc1cc(Cl)cnc1F.NNc1ncc(Cl)cc1F. The summed E-state index contributed by atoms with van der Waals surface area (Å²) in [7, 11) is 0. The highest BCUT2D eigenvalue weighted by molar-refractivity contribution is 6.30. The first kappa shape index (κ1) is 15.5. The second-order valence-corrected chi connectivity index (χ2v) is 3.93. The molecule has 0 radical (unpaired) electrons. The number of nitrogens with two attached hydrogens (primary N) is 1. The molecule has 0 amide bonds. The molecule has 9 heteroatoms. The minimum Gasteiger partial charge on any atom is -0.306 e. The van der Waals surface area contributed by atoms with Crippen molar-refractivity contribution >= 4 is 29.0 Å². The first-order valence-corrected chi connectivity index (χ1v) is 5.44. The molecule has 0 aromatic carbocycles. The van der Waals surface area contributed by atoms with E-state index in [1.165, 1.54) is 6.20 Å². The van der Waals surface area contributed by atoms with E-state index in [2.05, 4.69) is 15.4 Å². The lowest BCUT2D eigenvalue weighted by Crippen LogP contribution is -2.10. The number of aromatic nitrogens is 2. The van der Waals surface area contributed by atoms with E-state index in [0.717, 1.165) is 18.3 Å². The molecule has 2 heterocycles. The van der Waals surface area contributed by atoms with Gasteiger partial charge in [-0.2, -0.15) is 4.39 Å². The third-order valence-electron chi connectivity index (χ3n) is 1.71. The van der Waals surface area contributed by atoms with Crippen molar-refractivity contribution in [3.63, 3.8) is 0 Å². The molecule has 0 unspecified atom stereocenters. The summed E-state index contributed by atoms with van der Waals surface area (Å²) < 4.78 is 36.6. The Morgan fingerprint density at radius 1 is 0.947 bits per heavy atom. The van der Waals surface area contributed by atoms with Crippen LogP contribution in [0.3, 0.4) is 0 Å². The molecule has 0 aliphatic carbocycles. The summed E-state index contributed by atoms with van der Waals surface area (Å²) in [5.41, 5.74) is 2.08. The van der Waals surface area contributed by atoms with Gasteiger partial charge in [0.25, 0.3) is 0 Å². The molecule has 0 fully saturated rings. The van der Waals surface area contributed by atoms with Crippen LogP contribution in [0.5, 0.6) is 0 Å². The summed E-state index contributed by atoms with van der Waals surface area (Å²) in [6.07, 6.45) is 2.35. The monoisotopic (exact) mass is 310 g/mol. The number of hydrogen-bond acceptors (Lipinski definition) is 4. The van der Waals surface area contributed by atoms with Crippen molar-refractivity contribution in [3.05, 3.63) is 52.2 Å². The van der Waals surface area contributed by atoms with Crippen molar-refractivity contribution in [2.75, 3.05) is 5.43 Å². The van der Waals surface area contributed by atoms with Crippen LogP contribution in [0.15, 0.2) is 24.5 Å². The van der Waals surface area contributed by atoms with Crippen molar-refractivity contribution in [2.24, 2.45) is 5.84 Å². The highest BCUT2D eigenvalue weighted by Crippen LogP contribution is 2.13. The zero-order valence-corrected chi connectivity index (χ0v) is 10.7. The molecule has 3 N–H and O–H groups in total. The summed E-state index contributed by atoms with van der Waals surface area (Å²) in [6, 6.07) is 1.99. The molecule has 0 bridgehead atoms. The van der Waals surface area contributed by atoms with Gasteiger partial charge in [-0.15, -0.1) is 0 Å². The molecule has 2 rings (SSSR count). The molecule has 2 aromatic heterocycles. The lowest BCUT2D eigenvalue weighted by molar-refractivity contribution is 0.479. The third-order valence-corrected chi connectivity index (χ3v) is 2.12. The second-order valence-electron chi connectivity index (χ2n) is 3.05. The average Bonchev–Trinajstić information content (AvgIpc) is 2.35. The van der Waals surface area contributed by atoms with Gasteiger partial charge in [-0.05, 0) is 12.1 Å². The highest BCUT2D eigenvalue weighted by Gasteiger charge is 2.01. The maximum absolute atomic E-state index is 12.6. The first-order chi connectivity index (χ1) is 8.93. The van der Waals surface area contributed by atoms with Gasteiger partial charge in [0.15, 0.2) is 17.5 Å². The zero-order valence-electron chi connectivity index (χ0n) is 9.17. The zero-order chi connectivity index (χ0) is 14.4. The number of hydrogen-bond donors (Lipinski definition) is 2. The summed E-state index contributed by atoms with van der Waals surface area (Å²) in [6.45, 7) is 0. The number of rotatable bonds is 1. The van der Waals surface area contributed by atoms with Crippen molar-refractivity contribution < 1.29 is 13.2 Å². The van der Waals surface area contributed by atoms with Crippen LogP contribution in [0, 0.1) is 17.6 Å². The Kier molecular flexibility index (Phi) is 5.81. The second kappa shape index (κ2) is 7.13. The summed E-state index contributed by atoms with van der Waals surface area (Å²) in [5, 5.41) is 0.338. The Morgan fingerprint density at radius 3 is 1.89 bits per heavy atom. The lowest BCUT2D eigenvalue weighted by atomic mass is 10.4. The molecule has 102 valence electrons. The molecule has 0 spiro atoms. The van der Waals surface area contributed by atoms with E-state index < -0.39 is 17.6 Å². The van der Waals surface area contributed by atoms with Crippen LogP contribution in [0.25, 0.3) is 0 Å². The molecule has 2 aromatic rings. The van der Waals surface area contributed by atoms with Gasteiger partial charge in [-0.3, -0.25) is 0 Å². The molecule has 0 saturated carbocycles. The Hall–Kier alpha value is -1.57. The van der Waals surface area contributed by atoms with Crippen molar-refractivity contribution in [1.29, 1.82) is 0 Å². The van der Waals surface area contributed by atoms with E-state index in [4.69, 9.17) is 29.0 Å². The van der Waals surface area contributed by atoms with Crippen LogP contribution in [0.4, 0.5) is 19.0 Å². The quantitative estimate of drug-likeness (QED) is 0.482. The van der Waals surface area contributed by atoms with E-state index in [1.807, 2.05) is 0 Å². The summed E-state index contributed by atoms with van der Waals surface area (Å²) in [5.74, 6) is 2.18. The first-order valence-electron chi connectivity index (χ1n) is 4.68. The van der Waals surface area contributed by atoms with Gasteiger partial charge in [0, 0.05) is 12.4 Å². The van der Waals surface area contributed by atoms with Crippen LogP contribution in [-0.2, 0) is 0 Å². The van der Waals surface area contributed by atoms with Crippen LogP contribution in [0.2, 0.25) is 10.0 Å². The van der Waals surface area contributed by atoms with E-state index in [0.29, 0.717) is 0 Å². The van der Waals surface area contributed by atoms with Gasteiger partial charge in [0.05, 0.1) is 10.0 Å². The summed E-state index contributed by atoms with van der Waals surface area (Å²) in [4.78, 5) is 6.56. The minimum atomic E-state index is -1.13. The molecular formula is C10H7Cl2F3N4. The van der Waals surface area contributed by atoms with Crippen LogP contribution in [0.1, 0.15) is 0 Å². The van der Waals surface area contributed by atoms with Gasteiger partial charge in [0.2, 0.25) is 5.95 Å². The highest BCUT2D eigenvalue weighted by atomic mass is 35.5. The number of nitrogen functional groups attached to an aromatic ring is 1. The lowest BCUT2D eigenvalue weighted by Gasteiger charge is -1.98. The van der Waals surface area contributed by atoms with E-state index >= 15 is 0 Å². The van der Waals surface area contributed by atoms with Gasteiger partial charge >= 0.3 is 0 Å². The molecule has 0 aliphatic rings. The van der Waals surface area contributed by atoms with Gasteiger partial charge in [0.1, 0.15) is 0 Å². The molecule has 4 nitrogen and oxygen atoms in total. The Labute approximate surface area is 116 Å². The Morgan fingerprint density at radius 2 is 1.47 bits per heavy atom. The largest absolute Gasteiger partial charge is 0.306 e. The van der Waals surface area contributed by atoms with Crippen molar-refractivity contribution in [2.45, 2.75) is 0 Å². The van der Waals surface area contributed by atoms with Crippen LogP contribution < -0.4 is 11.3 Å². The van der Waals surface area contributed by atoms with Crippen molar-refractivity contribution in [3.8, 4) is 0 Å². The van der Waals surface area contributed by atoms with E-state index in [1.54, 1.807) is 0 Å². The molecule has 0 saturated heterocycles. The van der Waals surface area contributed by atoms with Gasteiger partial charge in [-0.25, -0.2) is 24.6 Å². The summed E-state index contributed by atoms with van der Waals surface area (Å²) >= 11 is 10.7. The number of halogens is 5. The minimum absolute atomic E-state index is 0.00981. The molecule has 19 heavy (non-hydrogen) atoms. The number of anilines is 1. The smallest absolute Gasteiger partial charge is 0.248 e. The number of hydrazine groups is 1. The van der Waals surface area contributed by atoms with Gasteiger partial charge < -0.3 is 5.43 Å². The van der Waals surface area contributed by atoms with Crippen molar-refractivity contribution in [1.82, 2.24) is 9.97 Å². The fourth-order valence-electron chi connectivity index (χ4n) is 0.919. The Balaban J connectivity index is 0.000000191. The van der Waals surface area contributed by atoms with Gasteiger partial charge in [-0.1, -0.05) is 23.2 Å². The number of nitrogens with zero attached hydrogens (tertiary/aromatic N) is 2. The molecule has 0 atom stereocenters. The fraction of sp³-hybridized carbons (Fsp3) is 0. The maximum atomic E-state index is 12.6. The predicted molar refractivity (Wildman–Crippen MR) is 66.2 cm³/mol. The third kappa shape index (κ3) is 4.90. The topological polar surface area (TPSA) is 63.8 Å². The average molecular weight is 311 g/mol.